The van der Waals surface area contributed by atoms with Gasteiger partial charge in [0, 0.05) is 16.6 Å². The van der Waals surface area contributed by atoms with E-state index in [9.17, 15) is 4.79 Å². The molecule has 0 heterocycles. The van der Waals surface area contributed by atoms with Crippen molar-refractivity contribution in [2.45, 2.75) is 26.7 Å². The lowest BCUT2D eigenvalue weighted by atomic mass is 10.1. The van der Waals surface area contributed by atoms with Crippen molar-refractivity contribution in [3.05, 3.63) is 28.8 Å². The molecular formula is C13H16ClNO. The van der Waals surface area contributed by atoms with Crippen LogP contribution in [0, 0.1) is 18.8 Å². The molecule has 0 aliphatic heterocycles. The quantitative estimate of drug-likeness (QED) is 0.855. The van der Waals surface area contributed by atoms with Gasteiger partial charge in [0.1, 0.15) is 0 Å². The molecule has 0 aromatic heterocycles. The minimum absolute atomic E-state index is 0.105. The molecule has 1 fully saturated rings. The summed E-state index contributed by atoms with van der Waals surface area (Å²) in [7, 11) is 0. The fraction of sp³-hybridized carbons (Fsp3) is 0.462. The number of amides is 1. The Bertz CT molecular complexity index is 412. The van der Waals surface area contributed by atoms with Crippen molar-refractivity contribution >= 4 is 23.2 Å². The van der Waals surface area contributed by atoms with Gasteiger partial charge in [-0.25, -0.2) is 0 Å². The normalized spacial score (nSPS) is 16.9. The molecular weight excluding hydrogens is 222 g/mol. The van der Waals surface area contributed by atoms with Gasteiger partial charge in [0.15, 0.2) is 0 Å². The molecule has 1 aromatic rings. The topological polar surface area (TPSA) is 29.1 Å². The van der Waals surface area contributed by atoms with Crippen LogP contribution in [0.1, 0.15) is 25.3 Å². The summed E-state index contributed by atoms with van der Waals surface area (Å²) in [5.74, 6) is 0.797. The zero-order valence-electron chi connectivity index (χ0n) is 9.59. The summed E-state index contributed by atoms with van der Waals surface area (Å²) in [5.41, 5.74) is 1.76. The first-order valence-corrected chi connectivity index (χ1v) is 6.03. The highest BCUT2D eigenvalue weighted by molar-refractivity contribution is 6.31. The number of hydrogen-bond acceptors (Lipinski definition) is 1. The highest BCUT2D eigenvalue weighted by Gasteiger charge is 2.32. The fourth-order valence-corrected chi connectivity index (χ4v) is 1.97. The number of rotatable bonds is 3. The number of carbonyl (C=O) groups is 1. The second-order valence-corrected chi connectivity index (χ2v) is 4.93. The molecule has 1 N–H and O–H groups in total. The molecule has 2 nitrogen and oxygen atoms in total. The predicted molar refractivity (Wildman–Crippen MR) is 66.7 cm³/mol. The zero-order valence-corrected chi connectivity index (χ0v) is 10.3. The lowest BCUT2D eigenvalue weighted by Gasteiger charge is -2.13. The van der Waals surface area contributed by atoms with E-state index in [2.05, 4.69) is 5.32 Å². The third kappa shape index (κ3) is 2.38. The largest absolute Gasteiger partial charge is 0.326 e. The first-order valence-electron chi connectivity index (χ1n) is 5.65. The minimum Gasteiger partial charge on any atom is -0.326 e. The molecule has 0 radical (unpaired) electrons. The van der Waals surface area contributed by atoms with Crippen LogP contribution >= 0.6 is 11.6 Å². The second-order valence-electron chi connectivity index (χ2n) is 4.53. The van der Waals surface area contributed by atoms with Gasteiger partial charge in [-0.3, -0.25) is 4.79 Å². The number of hydrogen-bond donors (Lipinski definition) is 1. The van der Waals surface area contributed by atoms with E-state index < -0.39 is 0 Å². The Morgan fingerprint density at radius 3 is 2.81 bits per heavy atom. The third-order valence-electron chi connectivity index (χ3n) is 3.27. The van der Waals surface area contributed by atoms with Crippen LogP contribution in [0.25, 0.3) is 0 Å². The lowest BCUT2D eigenvalue weighted by molar-refractivity contribution is -0.119. The fourth-order valence-electron chi connectivity index (χ4n) is 1.80. The summed E-state index contributed by atoms with van der Waals surface area (Å²) in [6.07, 6.45) is 2.37. The van der Waals surface area contributed by atoms with Crippen molar-refractivity contribution in [2.24, 2.45) is 11.8 Å². The Hall–Kier alpha value is -1.02. The maximum Gasteiger partial charge on any atom is 0.227 e. The molecule has 3 heteroatoms. The third-order valence-corrected chi connectivity index (χ3v) is 3.68. The average molecular weight is 238 g/mol. The summed E-state index contributed by atoms with van der Waals surface area (Å²) < 4.78 is 0. The lowest BCUT2D eigenvalue weighted by Crippen LogP contribution is -2.22. The van der Waals surface area contributed by atoms with Gasteiger partial charge < -0.3 is 5.32 Å². The molecule has 1 atom stereocenters. The number of benzene rings is 1. The Balaban J connectivity index is 2.08. The predicted octanol–water partition coefficient (Wildman–Crippen LogP) is 3.63. The number of anilines is 1. The Labute approximate surface area is 101 Å². The molecule has 2 rings (SSSR count). The first-order chi connectivity index (χ1) is 7.59. The van der Waals surface area contributed by atoms with Gasteiger partial charge in [-0.05, 0) is 43.4 Å². The monoisotopic (exact) mass is 237 g/mol. The maximum atomic E-state index is 11.9. The molecule has 1 aliphatic rings. The average Bonchev–Trinajstić information content (AvgIpc) is 3.07. The van der Waals surface area contributed by atoms with Gasteiger partial charge >= 0.3 is 0 Å². The molecule has 0 spiro atoms. The Morgan fingerprint density at radius 1 is 1.50 bits per heavy atom. The molecule has 1 unspecified atom stereocenters. The Morgan fingerprint density at radius 2 is 2.19 bits per heavy atom. The smallest absolute Gasteiger partial charge is 0.227 e. The highest BCUT2D eigenvalue weighted by atomic mass is 35.5. The van der Waals surface area contributed by atoms with E-state index in [1.165, 1.54) is 12.8 Å². The Kier molecular flexibility index (Phi) is 3.20. The van der Waals surface area contributed by atoms with Gasteiger partial charge in [0.05, 0.1) is 0 Å². The minimum atomic E-state index is 0.105. The molecule has 86 valence electrons. The number of halogens is 1. The van der Waals surface area contributed by atoms with Crippen molar-refractivity contribution in [1.29, 1.82) is 0 Å². The van der Waals surface area contributed by atoms with Crippen LogP contribution in [0.4, 0.5) is 5.69 Å². The van der Waals surface area contributed by atoms with Crippen LogP contribution in [-0.4, -0.2) is 5.91 Å². The molecule has 0 bridgehead atoms. The van der Waals surface area contributed by atoms with E-state index in [-0.39, 0.29) is 11.8 Å². The molecule has 1 saturated carbocycles. The molecule has 0 saturated heterocycles. The van der Waals surface area contributed by atoms with Crippen molar-refractivity contribution in [3.63, 3.8) is 0 Å². The highest BCUT2D eigenvalue weighted by Crippen LogP contribution is 2.37. The van der Waals surface area contributed by atoms with Crippen molar-refractivity contribution < 1.29 is 4.79 Å². The van der Waals surface area contributed by atoms with E-state index in [0.717, 1.165) is 11.3 Å². The van der Waals surface area contributed by atoms with Crippen molar-refractivity contribution in [2.75, 3.05) is 5.32 Å². The van der Waals surface area contributed by atoms with Crippen LogP contribution < -0.4 is 5.32 Å². The van der Waals surface area contributed by atoms with Gasteiger partial charge in [-0.2, -0.15) is 0 Å². The summed E-state index contributed by atoms with van der Waals surface area (Å²) >= 11 is 6.00. The molecule has 1 amide bonds. The van der Waals surface area contributed by atoms with Gasteiger partial charge in [-0.1, -0.05) is 24.6 Å². The zero-order chi connectivity index (χ0) is 11.7. The summed E-state index contributed by atoms with van der Waals surface area (Å²) in [5, 5.41) is 3.64. The molecule has 16 heavy (non-hydrogen) atoms. The van der Waals surface area contributed by atoms with E-state index in [1.807, 2.05) is 32.0 Å². The van der Waals surface area contributed by atoms with Crippen LogP contribution in [-0.2, 0) is 4.79 Å². The van der Waals surface area contributed by atoms with Gasteiger partial charge in [0.25, 0.3) is 0 Å². The number of nitrogens with one attached hydrogen (secondary N) is 1. The van der Waals surface area contributed by atoms with E-state index >= 15 is 0 Å². The summed E-state index contributed by atoms with van der Waals surface area (Å²) in [6, 6.07) is 5.57. The molecule has 1 aliphatic carbocycles. The van der Waals surface area contributed by atoms with Crippen LogP contribution in [0.15, 0.2) is 18.2 Å². The van der Waals surface area contributed by atoms with Gasteiger partial charge in [0.2, 0.25) is 5.91 Å². The van der Waals surface area contributed by atoms with Crippen molar-refractivity contribution in [3.8, 4) is 0 Å². The van der Waals surface area contributed by atoms with E-state index in [1.54, 1.807) is 0 Å². The van der Waals surface area contributed by atoms with Crippen molar-refractivity contribution in [1.82, 2.24) is 0 Å². The number of carbonyl (C=O) groups excluding carboxylic acids is 1. The SMILES string of the molecule is Cc1c(Cl)cccc1NC(=O)C(C)C1CC1. The maximum absolute atomic E-state index is 11.9. The van der Waals surface area contributed by atoms with Gasteiger partial charge in [-0.15, -0.1) is 0 Å². The standard InChI is InChI=1S/C13H16ClNO/c1-8(10-6-7-10)13(16)15-12-5-3-4-11(14)9(12)2/h3-5,8,10H,6-7H2,1-2H3,(H,15,16). The van der Waals surface area contributed by atoms with Crippen LogP contribution in [0.3, 0.4) is 0 Å². The first kappa shape index (κ1) is 11.5. The molecule has 1 aromatic carbocycles. The van der Waals surface area contributed by atoms with Crippen LogP contribution in [0.2, 0.25) is 5.02 Å². The summed E-state index contributed by atoms with van der Waals surface area (Å²) in [4.78, 5) is 11.9. The van der Waals surface area contributed by atoms with E-state index in [4.69, 9.17) is 11.6 Å². The summed E-state index contributed by atoms with van der Waals surface area (Å²) in [6.45, 7) is 3.91. The van der Waals surface area contributed by atoms with Crippen LogP contribution in [0.5, 0.6) is 0 Å². The van der Waals surface area contributed by atoms with E-state index in [0.29, 0.717) is 10.9 Å². The second kappa shape index (κ2) is 4.46.